The molecule has 1 aliphatic rings. The fourth-order valence-electron chi connectivity index (χ4n) is 4.70. The molecule has 8 heteroatoms. The van der Waals surface area contributed by atoms with E-state index in [1.807, 2.05) is 48.7 Å². The highest BCUT2D eigenvalue weighted by molar-refractivity contribution is 7.87. The maximum Gasteiger partial charge on any atom is 0.274 e. The van der Waals surface area contributed by atoms with Crippen molar-refractivity contribution in [3.8, 4) is 5.75 Å². The van der Waals surface area contributed by atoms with Gasteiger partial charge < -0.3 is 10.1 Å². The van der Waals surface area contributed by atoms with Crippen LogP contribution in [0, 0.1) is 0 Å². The van der Waals surface area contributed by atoms with Gasteiger partial charge in [0.05, 0.1) is 12.6 Å². The van der Waals surface area contributed by atoms with Crippen LogP contribution < -0.4 is 19.9 Å². The third-order valence-corrected chi connectivity index (χ3v) is 7.10. The quantitative estimate of drug-likeness (QED) is 0.485. The minimum Gasteiger partial charge on any atom is -0.497 e. The Bertz CT molecular complexity index is 1170. The summed E-state index contributed by atoms with van der Waals surface area (Å²) in [4.78, 5) is 4.44. The summed E-state index contributed by atoms with van der Waals surface area (Å²) in [5.41, 5.74) is 2.99. The number of hydrogen-bond acceptors (Lipinski definition) is 5. The maximum atomic E-state index is 11.6. The normalized spacial score (nSPS) is 21.5. The zero-order valence-electron chi connectivity index (χ0n) is 18.3. The number of pyridine rings is 1. The first-order valence-electron chi connectivity index (χ1n) is 10.9. The van der Waals surface area contributed by atoms with E-state index in [2.05, 4.69) is 27.2 Å². The molecule has 2 aromatic carbocycles. The molecule has 1 heterocycles. The van der Waals surface area contributed by atoms with E-state index in [1.165, 1.54) is 10.9 Å². The summed E-state index contributed by atoms with van der Waals surface area (Å²) in [6, 6.07) is 18.5. The molecular formula is C24H30N4O3S. The van der Waals surface area contributed by atoms with E-state index >= 15 is 0 Å². The predicted molar refractivity (Wildman–Crippen MR) is 127 cm³/mol. The summed E-state index contributed by atoms with van der Waals surface area (Å²) >= 11 is 0. The van der Waals surface area contributed by atoms with E-state index in [9.17, 15) is 8.42 Å². The highest BCUT2D eigenvalue weighted by atomic mass is 32.2. The third-order valence-electron chi connectivity index (χ3n) is 6.56. The number of hydrogen-bond donors (Lipinski definition) is 3. The minimum atomic E-state index is -3.77. The number of fused-ring (bicyclic) bond motifs is 1. The average molecular weight is 455 g/mol. The Balaban J connectivity index is 1.47. The van der Waals surface area contributed by atoms with Crippen LogP contribution in [-0.2, 0) is 22.2 Å². The van der Waals surface area contributed by atoms with Crippen LogP contribution in [0.15, 0.2) is 60.8 Å². The van der Waals surface area contributed by atoms with Crippen molar-refractivity contribution in [3.05, 3.63) is 71.9 Å². The maximum absolute atomic E-state index is 11.6. The van der Waals surface area contributed by atoms with Crippen molar-refractivity contribution in [1.29, 1.82) is 0 Å². The minimum absolute atomic E-state index is 0.278. The number of benzene rings is 2. The molecule has 0 saturated heterocycles. The summed E-state index contributed by atoms with van der Waals surface area (Å²) in [5.74, 6) is 0.766. The second-order valence-corrected chi connectivity index (χ2v) is 9.90. The molecule has 0 amide bonds. The van der Waals surface area contributed by atoms with Gasteiger partial charge in [-0.1, -0.05) is 30.3 Å². The van der Waals surface area contributed by atoms with E-state index in [0.717, 1.165) is 49.1 Å². The molecule has 1 aromatic heterocycles. The topological polar surface area (TPSA) is 106 Å². The van der Waals surface area contributed by atoms with Gasteiger partial charge >= 0.3 is 0 Å². The van der Waals surface area contributed by atoms with Gasteiger partial charge in [0.25, 0.3) is 10.2 Å². The van der Waals surface area contributed by atoms with Crippen molar-refractivity contribution in [2.24, 2.45) is 5.14 Å². The van der Waals surface area contributed by atoms with Crippen molar-refractivity contribution in [1.82, 2.24) is 15.0 Å². The number of nitrogens with two attached hydrogens (primary N) is 1. The van der Waals surface area contributed by atoms with E-state index in [-0.39, 0.29) is 12.0 Å². The Morgan fingerprint density at radius 2 is 1.91 bits per heavy atom. The van der Waals surface area contributed by atoms with Crippen molar-refractivity contribution in [2.75, 3.05) is 13.7 Å². The standard InChI is InChI=1S/C24H30N4O3S/c1-31-21-6-4-5-19(15-21)24(17-28-32(25,29)30)12-9-20(10-13-24)27-16-18-11-14-26-23-8-3-2-7-22(18)23/h2-8,11,14-15,20,27-28H,9-10,12-13,16-17H2,1H3,(H2,25,29,30). The Labute approximate surface area is 189 Å². The lowest BCUT2D eigenvalue weighted by molar-refractivity contribution is 0.245. The van der Waals surface area contributed by atoms with Crippen molar-refractivity contribution in [2.45, 2.75) is 43.7 Å². The molecule has 7 nitrogen and oxygen atoms in total. The molecule has 0 spiro atoms. The Morgan fingerprint density at radius 3 is 2.66 bits per heavy atom. The zero-order chi connectivity index (χ0) is 22.6. The summed E-state index contributed by atoms with van der Waals surface area (Å²) in [7, 11) is -2.13. The number of rotatable bonds is 8. The molecule has 0 atom stereocenters. The molecule has 1 saturated carbocycles. The fourth-order valence-corrected chi connectivity index (χ4v) is 5.17. The molecule has 1 fully saturated rings. The zero-order valence-corrected chi connectivity index (χ0v) is 19.1. The molecular weight excluding hydrogens is 424 g/mol. The van der Waals surface area contributed by atoms with Gasteiger partial charge in [-0.3, -0.25) is 4.98 Å². The van der Waals surface area contributed by atoms with Gasteiger partial charge in [-0.15, -0.1) is 0 Å². The predicted octanol–water partition coefficient (Wildman–Crippen LogP) is 3.01. The Kier molecular flexibility index (Phi) is 6.76. The van der Waals surface area contributed by atoms with Crippen LogP contribution >= 0.6 is 0 Å². The lowest BCUT2D eigenvalue weighted by Gasteiger charge is -2.41. The van der Waals surface area contributed by atoms with Gasteiger partial charge in [0, 0.05) is 36.1 Å². The molecule has 0 bridgehead atoms. The summed E-state index contributed by atoms with van der Waals surface area (Å²) in [5, 5.41) is 10.1. The first-order chi connectivity index (χ1) is 15.4. The molecule has 4 N–H and O–H groups in total. The second-order valence-electron chi connectivity index (χ2n) is 8.52. The Morgan fingerprint density at radius 1 is 1.12 bits per heavy atom. The monoisotopic (exact) mass is 454 g/mol. The number of aromatic nitrogens is 1. The number of nitrogens with zero attached hydrogens (tertiary/aromatic N) is 1. The molecule has 1 aliphatic carbocycles. The van der Waals surface area contributed by atoms with Crippen molar-refractivity contribution >= 4 is 21.1 Å². The SMILES string of the molecule is COc1cccc(C2(CNS(N)(=O)=O)CCC(NCc3ccnc4ccccc34)CC2)c1. The second kappa shape index (κ2) is 9.54. The number of nitrogens with one attached hydrogen (secondary N) is 2. The van der Waals surface area contributed by atoms with Gasteiger partial charge in [0.15, 0.2) is 0 Å². The number of methoxy groups -OCH3 is 1. The van der Waals surface area contributed by atoms with E-state index in [4.69, 9.17) is 9.88 Å². The number of ether oxygens (including phenoxy) is 1. The van der Waals surface area contributed by atoms with Gasteiger partial charge in [-0.25, -0.2) is 9.86 Å². The van der Waals surface area contributed by atoms with E-state index < -0.39 is 10.2 Å². The van der Waals surface area contributed by atoms with Crippen molar-refractivity contribution in [3.63, 3.8) is 0 Å². The lowest BCUT2D eigenvalue weighted by atomic mass is 9.68. The van der Waals surface area contributed by atoms with Crippen LogP contribution in [-0.4, -0.2) is 33.1 Å². The summed E-state index contributed by atoms with van der Waals surface area (Å²) < 4.78 is 31.2. The van der Waals surface area contributed by atoms with E-state index in [1.54, 1.807) is 7.11 Å². The van der Waals surface area contributed by atoms with Crippen LogP contribution in [0.2, 0.25) is 0 Å². The first-order valence-corrected chi connectivity index (χ1v) is 12.4. The van der Waals surface area contributed by atoms with Crippen LogP contribution in [0.5, 0.6) is 5.75 Å². The highest BCUT2D eigenvalue weighted by Crippen LogP contribution is 2.40. The molecule has 4 rings (SSSR count). The van der Waals surface area contributed by atoms with Crippen LogP contribution in [0.4, 0.5) is 0 Å². The summed E-state index contributed by atoms with van der Waals surface area (Å²) in [6.45, 7) is 1.05. The van der Waals surface area contributed by atoms with Gasteiger partial charge in [0.2, 0.25) is 0 Å². The molecule has 0 aliphatic heterocycles. The van der Waals surface area contributed by atoms with Crippen LogP contribution in [0.3, 0.4) is 0 Å². The average Bonchev–Trinajstić information content (AvgIpc) is 2.81. The largest absolute Gasteiger partial charge is 0.497 e. The Hall–Kier alpha value is -2.52. The highest BCUT2D eigenvalue weighted by Gasteiger charge is 2.37. The smallest absolute Gasteiger partial charge is 0.274 e. The fraction of sp³-hybridized carbons (Fsp3) is 0.375. The van der Waals surface area contributed by atoms with Crippen LogP contribution in [0.25, 0.3) is 10.9 Å². The lowest BCUT2D eigenvalue weighted by Crippen LogP contribution is -2.47. The van der Waals surface area contributed by atoms with E-state index in [0.29, 0.717) is 6.04 Å². The van der Waals surface area contributed by atoms with Crippen LogP contribution in [0.1, 0.15) is 36.8 Å². The van der Waals surface area contributed by atoms with Gasteiger partial charge in [-0.2, -0.15) is 8.42 Å². The van der Waals surface area contributed by atoms with Gasteiger partial charge in [-0.05, 0) is 61.1 Å². The van der Waals surface area contributed by atoms with Crippen molar-refractivity contribution < 1.29 is 13.2 Å². The molecule has 32 heavy (non-hydrogen) atoms. The molecule has 170 valence electrons. The first kappa shape index (κ1) is 22.7. The summed E-state index contributed by atoms with van der Waals surface area (Å²) in [6.07, 6.45) is 5.42. The third kappa shape index (κ3) is 5.27. The molecule has 0 radical (unpaired) electrons. The molecule has 3 aromatic rings. The number of para-hydroxylation sites is 1. The molecule has 0 unspecified atom stereocenters. The van der Waals surface area contributed by atoms with Gasteiger partial charge in [0.1, 0.15) is 5.75 Å².